The van der Waals surface area contributed by atoms with Gasteiger partial charge in [0.25, 0.3) is 19.7 Å². The van der Waals surface area contributed by atoms with Gasteiger partial charge < -0.3 is 16.0 Å². The van der Waals surface area contributed by atoms with E-state index in [0.29, 0.717) is 13.0 Å². The highest BCUT2D eigenvalue weighted by Crippen LogP contribution is 2.59. The molecule has 0 aliphatic carbocycles. The van der Waals surface area contributed by atoms with Crippen molar-refractivity contribution in [1.82, 2.24) is 10.6 Å². The van der Waals surface area contributed by atoms with Gasteiger partial charge in [0.2, 0.25) is 4.24 Å². The fourth-order valence-corrected chi connectivity index (χ4v) is 7.68. The third-order valence-corrected chi connectivity index (χ3v) is 10.2. The highest BCUT2D eigenvalue weighted by Gasteiger charge is 2.88. The van der Waals surface area contributed by atoms with Crippen LogP contribution < -0.4 is 16.0 Å². The Morgan fingerprint density at radius 3 is 1.69 bits per heavy atom. The van der Waals surface area contributed by atoms with Gasteiger partial charge in [0.1, 0.15) is 5.82 Å². The van der Waals surface area contributed by atoms with Gasteiger partial charge in [-0.2, -0.15) is 52.7 Å². The van der Waals surface area contributed by atoms with E-state index in [9.17, 15) is 69.5 Å². The summed E-state index contributed by atoms with van der Waals surface area (Å²) in [5.74, 6) is -9.01. The monoisotopic (exact) mass is 629 g/mol. The molecule has 0 radical (unpaired) electrons. The predicted octanol–water partition coefficient (Wildman–Crippen LogP) is 4.27. The summed E-state index contributed by atoms with van der Waals surface area (Å²) >= 11 is 0. The molecule has 0 spiro atoms. The van der Waals surface area contributed by atoms with E-state index in [1.807, 2.05) is 0 Å². The van der Waals surface area contributed by atoms with E-state index in [1.54, 1.807) is 5.32 Å². The van der Waals surface area contributed by atoms with Gasteiger partial charge in [-0.1, -0.05) is 0 Å². The van der Waals surface area contributed by atoms with Crippen molar-refractivity contribution in [3.8, 4) is 0 Å². The number of rotatable bonds is 5. The minimum atomic E-state index is -7.29. The van der Waals surface area contributed by atoms with Gasteiger partial charge in [0.05, 0.1) is 11.1 Å². The number of anilines is 1. The third-order valence-electron chi connectivity index (χ3n) is 5.64. The Bertz CT molecular complexity index is 1300. The highest BCUT2D eigenvalue weighted by molar-refractivity contribution is 8.16. The Kier molecular flexibility index (Phi) is 7.43. The van der Waals surface area contributed by atoms with Gasteiger partial charge in [-0.15, -0.1) is 0 Å². The van der Waals surface area contributed by atoms with Crippen molar-refractivity contribution in [3.05, 3.63) is 39.4 Å². The van der Waals surface area contributed by atoms with Gasteiger partial charge in [0.15, 0.2) is 0 Å². The van der Waals surface area contributed by atoms with Gasteiger partial charge >= 0.3 is 28.8 Å². The summed E-state index contributed by atoms with van der Waals surface area (Å²) in [4.78, 5) is 0. The maximum atomic E-state index is 14.2. The van der Waals surface area contributed by atoms with E-state index in [4.69, 9.17) is 0 Å². The van der Waals surface area contributed by atoms with Crippen LogP contribution in [0.4, 0.5) is 58.4 Å². The summed E-state index contributed by atoms with van der Waals surface area (Å²) in [5.41, 5.74) is -5.57. The molecule has 1 atom stereocenters. The molecule has 39 heavy (non-hydrogen) atoms. The Balaban J connectivity index is 2.33. The molecule has 2 fully saturated rings. The second-order valence-electron chi connectivity index (χ2n) is 8.37. The van der Waals surface area contributed by atoms with Crippen LogP contribution in [0.25, 0.3) is 0 Å². The molecular formula is C18H15F12N3O4S2. The van der Waals surface area contributed by atoms with E-state index in [2.05, 4.69) is 5.32 Å². The number of alkyl halides is 12. The van der Waals surface area contributed by atoms with Crippen molar-refractivity contribution < 1.29 is 69.5 Å². The van der Waals surface area contributed by atoms with Gasteiger partial charge in [-0.3, -0.25) is 0 Å². The number of sulfone groups is 2. The number of hydrogen-bond donors (Lipinski definition) is 3. The Morgan fingerprint density at radius 1 is 0.846 bits per heavy atom. The molecule has 1 aromatic carbocycles. The number of halogens is 12. The molecule has 0 saturated carbocycles. The van der Waals surface area contributed by atoms with Gasteiger partial charge in [-0.25, -0.2) is 16.8 Å². The topological polar surface area (TPSA) is 104 Å². The zero-order chi connectivity index (χ0) is 30.0. The van der Waals surface area contributed by atoms with E-state index < -0.39 is 94.0 Å². The molecule has 2 heterocycles. The average molecular weight is 629 g/mol. The Labute approximate surface area is 211 Å². The zero-order valence-electron chi connectivity index (χ0n) is 18.6. The van der Waals surface area contributed by atoms with Crippen LogP contribution in [0.3, 0.4) is 0 Å². The molecule has 7 nitrogen and oxygen atoms in total. The SMILES string of the molecule is O=S1(=O)C(=C(NC[C@@H]2CCCN2)Nc2cc(C(F)(F)F)cc(C(F)(F)F)c2)S(=O)(=O)C(F)(F)C(F)(F)C1(F)F. The normalized spacial score (nSPS) is 25.2. The summed E-state index contributed by atoms with van der Waals surface area (Å²) < 4.78 is 210. The van der Waals surface area contributed by atoms with Crippen molar-refractivity contribution in [2.24, 2.45) is 0 Å². The largest absolute Gasteiger partial charge is 0.419 e. The van der Waals surface area contributed by atoms with Crippen molar-refractivity contribution in [2.45, 2.75) is 47.7 Å². The van der Waals surface area contributed by atoms with E-state index >= 15 is 0 Å². The zero-order valence-corrected chi connectivity index (χ0v) is 20.3. The van der Waals surface area contributed by atoms with E-state index in [0.717, 1.165) is 0 Å². The first-order valence-corrected chi connectivity index (χ1v) is 13.3. The van der Waals surface area contributed by atoms with Crippen LogP contribution in [-0.4, -0.2) is 52.4 Å². The van der Waals surface area contributed by atoms with Crippen molar-refractivity contribution in [2.75, 3.05) is 18.4 Å². The first-order chi connectivity index (χ1) is 17.4. The molecule has 0 unspecified atom stereocenters. The van der Waals surface area contributed by atoms with Crippen LogP contribution in [0.5, 0.6) is 0 Å². The Hall–Kier alpha value is -2.42. The second kappa shape index (κ2) is 9.32. The van der Waals surface area contributed by atoms with Crippen LogP contribution in [0.1, 0.15) is 24.0 Å². The van der Waals surface area contributed by atoms with Crippen molar-refractivity contribution >= 4 is 25.4 Å². The summed E-state index contributed by atoms with van der Waals surface area (Å²) in [7, 11) is -14.6. The lowest BCUT2D eigenvalue weighted by molar-refractivity contribution is -0.244. The highest BCUT2D eigenvalue weighted by atomic mass is 32.3. The smallest absolute Gasteiger partial charge is 0.368 e. The molecule has 3 N–H and O–H groups in total. The molecule has 222 valence electrons. The summed E-state index contributed by atoms with van der Waals surface area (Å²) in [6, 6.07) is -1.48. The van der Waals surface area contributed by atoms with Crippen LogP contribution in [-0.2, 0) is 32.0 Å². The van der Waals surface area contributed by atoms with Crippen LogP contribution in [0.2, 0.25) is 0 Å². The van der Waals surface area contributed by atoms with Crippen molar-refractivity contribution in [3.63, 3.8) is 0 Å². The first kappa shape index (κ1) is 31.1. The fourth-order valence-electron chi connectivity index (χ4n) is 3.65. The van der Waals surface area contributed by atoms with Gasteiger partial charge in [0, 0.05) is 18.3 Å². The van der Waals surface area contributed by atoms with E-state index in [1.165, 1.54) is 5.32 Å². The molecular weight excluding hydrogens is 614 g/mol. The quantitative estimate of drug-likeness (QED) is 0.419. The molecule has 0 amide bonds. The van der Waals surface area contributed by atoms with Crippen LogP contribution in [0.15, 0.2) is 28.3 Å². The summed E-state index contributed by atoms with van der Waals surface area (Å²) in [6.45, 7) is -0.414. The lowest BCUT2D eigenvalue weighted by Crippen LogP contribution is -2.66. The maximum absolute atomic E-state index is 14.2. The summed E-state index contributed by atoms with van der Waals surface area (Å²) in [6.07, 6.45) is -10.3. The molecule has 21 heteroatoms. The molecule has 2 aliphatic heterocycles. The number of hydrogen-bond acceptors (Lipinski definition) is 7. The Morgan fingerprint density at radius 2 is 1.31 bits per heavy atom. The molecule has 3 rings (SSSR count). The first-order valence-electron chi connectivity index (χ1n) is 10.3. The maximum Gasteiger partial charge on any atom is 0.419 e. The average Bonchev–Trinajstić information content (AvgIpc) is 3.28. The van der Waals surface area contributed by atoms with Gasteiger partial charge in [-0.05, 0) is 37.6 Å². The summed E-state index contributed by atoms with van der Waals surface area (Å²) in [5, 5.41) is -7.70. The standard InChI is InChI=1S/C18H15F12N3O4S2/c19-14(20,21)8-4-9(15(22,23)24)6-11(5-8)33-12(32-7-10-2-1-3-31-10)13-38(34,35)17(27,28)16(25,26)18(29,30)39(13,36)37/h4-6,10,31-33H,1-3,7H2/t10-/m0/s1. The van der Waals surface area contributed by atoms with E-state index in [-0.39, 0.29) is 18.6 Å². The second-order valence-corrected chi connectivity index (χ2v) is 12.5. The molecule has 2 aliphatic rings. The fraction of sp³-hybridized carbons (Fsp3) is 0.556. The minimum absolute atomic E-state index is 0.155. The molecule has 2 saturated heterocycles. The van der Waals surface area contributed by atoms with Crippen molar-refractivity contribution in [1.29, 1.82) is 0 Å². The third kappa shape index (κ3) is 5.00. The van der Waals surface area contributed by atoms with Crippen LogP contribution >= 0.6 is 0 Å². The predicted molar refractivity (Wildman–Crippen MR) is 109 cm³/mol. The minimum Gasteiger partial charge on any atom is -0.368 e. The lowest BCUT2D eigenvalue weighted by atomic mass is 10.1. The number of benzene rings is 1. The lowest BCUT2D eigenvalue weighted by Gasteiger charge is -2.37. The number of nitrogens with one attached hydrogen (secondary N) is 3. The molecule has 1 aromatic rings. The van der Waals surface area contributed by atoms with Crippen LogP contribution in [0, 0.1) is 0 Å². The molecule has 0 aromatic heterocycles. The molecule has 0 bridgehead atoms.